The Kier molecular flexibility index (Phi) is 8.11. The van der Waals surface area contributed by atoms with E-state index in [4.69, 9.17) is 17.0 Å². The number of carbonyl (C=O) groups is 2. The molecular weight excluding hydrogens is 548 g/mol. The number of aliphatic hydroxyl groups excluding tert-OH is 1. The summed E-state index contributed by atoms with van der Waals surface area (Å²) >= 11 is 5.82. The second-order valence-electron chi connectivity index (χ2n) is 8.51. The summed E-state index contributed by atoms with van der Waals surface area (Å²) in [5.41, 5.74) is 0.326. The molecule has 4 rings (SSSR count). The van der Waals surface area contributed by atoms with E-state index in [0.717, 1.165) is 0 Å². The first kappa shape index (κ1) is 27.9. The summed E-state index contributed by atoms with van der Waals surface area (Å²) < 4.78 is 53.5. The van der Waals surface area contributed by atoms with E-state index in [2.05, 4.69) is 25.7 Å². The molecule has 3 amide bonds. The molecule has 2 heterocycles. The van der Waals surface area contributed by atoms with Gasteiger partial charge in [0, 0.05) is 16.8 Å². The van der Waals surface area contributed by atoms with Gasteiger partial charge in [-0.25, -0.2) is 23.8 Å². The predicted molar refractivity (Wildman–Crippen MR) is 130 cm³/mol. The molecule has 0 radical (unpaired) electrons. The molecule has 4 N–H and O–H groups in total. The number of urea groups is 1. The van der Waals surface area contributed by atoms with E-state index >= 15 is 0 Å². The number of aliphatic hydroxyl groups is 1. The van der Waals surface area contributed by atoms with Gasteiger partial charge in [0.25, 0.3) is 0 Å². The van der Waals surface area contributed by atoms with Crippen molar-refractivity contribution in [2.75, 3.05) is 11.9 Å². The lowest BCUT2D eigenvalue weighted by atomic mass is 10.2. The third-order valence-electron chi connectivity index (χ3n) is 5.61. The molecule has 1 aliphatic carbocycles. The summed E-state index contributed by atoms with van der Waals surface area (Å²) in [5.74, 6) is -1.66. The molecule has 206 valence electrons. The van der Waals surface area contributed by atoms with Crippen molar-refractivity contribution in [3.8, 4) is 5.82 Å². The number of alkyl halides is 4. The standard InChI is InChI=1S/C23H21ClF4N8O3/c24-13-5-3-12(4-6-13)19(29)35(10-17(37)23(26,27)28)22(39)31-9-18-32-11-36(34-18)20-16(2-1-7-30-20)33-21(38)14-8-15(14)25/h1-7,11,14-15,17,29,37H,8-10H2,(H,31,39)(H,33,38)/t14-,15+,17+/m1/s1. The molecule has 0 bridgehead atoms. The van der Waals surface area contributed by atoms with E-state index in [-0.39, 0.29) is 35.9 Å². The van der Waals surface area contributed by atoms with Crippen LogP contribution < -0.4 is 10.6 Å². The molecule has 0 aliphatic heterocycles. The number of anilines is 1. The van der Waals surface area contributed by atoms with Crippen molar-refractivity contribution in [3.63, 3.8) is 0 Å². The highest BCUT2D eigenvalue weighted by Gasteiger charge is 2.44. The molecule has 2 aromatic heterocycles. The van der Waals surface area contributed by atoms with Gasteiger partial charge in [0.05, 0.1) is 24.7 Å². The van der Waals surface area contributed by atoms with Gasteiger partial charge in [-0.05, 0) is 42.8 Å². The van der Waals surface area contributed by atoms with E-state index in [1.165, 1.54) is 47.5 Å². The minimum Gasteiger partial charge on any atom is -0.382 e. The van der Waals surface area contributed by atoms with E-state index in [0.29, 0.717) is 9.92 Å². The summed E-state index contributed by atoms with van der Waals surface area (Å²) in [6.07, 6.45) is -6.33. The molecule has 1 aromatic carbocycles. The van der Waals surface area contributed by atoms with Crippen LogP contribution in [0.25, 0.3) is 5.82 Å². The third-order valence-corrected chi connectivity index (χ3v) is 5.87. The van der Waals surface area contributed by atoms with E-state index in [9.17, 15) is 32.3 Å². The Morgan fingerprint density at radius 3 is 2.56 bits per heavy atom. The highest BCUT2D eigenvalue weighted by molar-refractivity contribution is 6.30. The summed E-state index contributed by atoms with van der Waals surface area (Å²) in [5, 5.41) is 27.2. The number of carbonyl (C=O) groups excluding carboxylic acids is 2. The quantitative estimate of drug-likeness (QED) is 0.186. The van der Waals surface area contributed by atoms with Crippen LogP contribution in [-0.4, -0.2) is 72.5 Å². The average molecular weight is 569 g/mol. The summed E-state index contributed by atoms with van der Waals surface area (Å²) in [4.78, 5) is 33.6. The number of pyridine rings is 1. The van der Waals surface area contributed by atoms with Gasteiger partial charge in [-0.3, -0.25) is 15.1 Å². The van der Waals surface area contributed by atoms with Crippen molar-refractivity contribution in [1.82, 2.24) is 30.0 Å². The van der Waals surface area contributed by atoms with Gasteiger partial charge in [0.2, 0.25) is 5.91 Å². The van der Waals surface area contributed by atoms with Gasteiger partial charge in [0.1, 0.15) is 18.3 Å². The first-order valence-electron chi connectivity index (χ1n) is 11.4. The fraction of sp³-hybridized carbons (Fsp3) is 0.304. The summed E-state index contributed by atoms with van der Waals surface area (Å²) in [6.45, 7) is -1.60. The van der Waals surface area contributed by atoms with E-state index in [1.54, 1.807) is 6.07 Å². The molecule has 16 heteroatoms. The van der Waals surface area contributed by atoms with Crippen LogP contribution in [0.1, 0.15) is 17.8 Å². The third kappa shape index (κ3) is 6.86. The Morgan fingerprint density at radius 1 is 1.23 bits per heavy atom. The van der Waals surface area contributed by atoms with Crippen molar-refractivity contribution >= 4 is 35.1 Å². The fourth-order valence-corrected chi connectivity index (χ4v) is 3.51. The first-order chi connectivity index (χ1) is 18.4. The van der Waals surface area contributed by atoms with Crippen LogP contribution in [0.4, 0.5) is 28.0 Å². The van der Waals surface area contributed by atoms with Crippen molar-refractivity contribution in [3.05, 3.63) is 65.3 Å². The molecule has 1 fully saturated rings. The minimum atomic E-state index is -5.03. The van der Waals surface area contributed by atoms with Crippen LogP contribution in [0, 0.1) is 11.3 Å². The van der Waals surface area contributed by atoms with Crippen molar-refractivity contribution in [2.24, 2.45) is 5.92 Å². The lowest BCUT2D eigenvalue weighted by molar-refractivity contribution is -0.204. The summed E-state index contributed by atoms with van der Waals surface area (Å²) in [7, 11) is 0. The maximum atomic E-state index is 13.2. The molecule has 3 aromatic rings. The number of amides is 3. The highest BCUT2D eigenvalue weighted by atomic mass is 35.5. The predicted octanol–water partition coefficient (Wildman–Crippen LogP) is 3.07. The number of benzene rings is 1. The second kappa shape index (κ2) is 11.3. The molecule has 1 saturated carbocycles. The molecule has 0 spiro atoms. The molecule has 3 atom stereocenters. The monoisotopic (exact) mass is 568 g/mol. The molecule has 0 saturated heterocycles. The fourth-order valence-electron chi connectivity index (χ4n) is 3.38. The zero-order chi connectivity index (χ0) is 28.3. The smallest absolute Gasteiger partial charge is 0.382 e. The van der Waals surface area contributed by atoms with Gasteiger partial charge in [-0.15, -0.1) is 5.10 Å². The molecule has 11 nitrogen and oxygen atoms in total. The summed E-state index contributed by atoms with van der Waals surface area (Å²) in [6, 6.07) is 7.44. The average Bonchev–Trinajstić information content (AvgIpc) is 3.45. The van der Waals surface area contributed by atoms with Crippen molar-refractivity contribution < 1.29 is 32.3 Å². The number of hydrogen-bond donors (Lipinski definition) is 4. The number of aromatic nitrogens is 4. The number of nitrogens with zero attached hydrogens (tertiary/aromatic N) is 5. The van der Waals surface area contributed by atoms with Gasteiger partial charge in [-0.2, -0.15) is 13.2 Å². The highest BCUT2D eigenvalue weighted by Crippen LogP contribution is 2.35. The van der Waals surface area contributed by atoms with Crippen LogP contribution in [0.15, 0.2) is 48.9 Å². The number of halogens is 5. The zero-order valence-corrected chi connectivity index (χ0v) is 20.6. The van der Waals surface area contributed by atoms with Crippen LogP contribution in [0.2, 0.25) is 5.02 Å². The maximum Gasteiger partial charge on any atom is 0.416 e. The van der Waals surface area contributed by atoms with Gasteiger partial charge in [-0.1, -0.05) is 11.6 Å². The van der Waals surface area contributed by atoms with E-state index in [1.807, 2.05) is 0 Å². The van der Waals surface area contributed by atoms with Gasteiger partial charge >= 0.3 is 12.2 Å². The number of amidine groups is 1. The molecule has 0 unspecified atom stereocenters. The maximum absolute atomic E-state index is 13.2. The second-order valence-corrected chi connectivity index (χ2v) is 8.95. The van der Waals surface area contributed by atoms with E-state index < -0.39 is 48.7 Å². The normalized spacial score (nSPS) is 17.3. The van der Waals surface area contributed by atoms with Crippen LogP contribution in [0.3, 0.4) is 0 Å². The lowest BCUT2D eigenvalue weighted by Crippen LogP contribution is -2.50. The molecule has 39 heavy (non-hydrogen) atoms. The largest absolute Gasteiger partial charge is 0.416 e. The van der Waals surface area contributed by atoms with Crippen molar-refractivity contribution in [1.29, 1.82) is 5.41 Å². The Labute approximate surface area is 223 Å². The van der Waals surface area contributed by atoms with Crippen LogP contribution >= 0.6 is 11.6 Å². The Hall–Kier alpha value is -4.11. The first-order valence-corrected chi connectivity index (χ1v) is 11.8. The van der Waals surface area contributed by atoms with Crippen LogP contribution in [-0.2, 0) is 11.3 Å². The number of hydrogen-bond acceptors (Lipinski definition) is 7. The van der Waals surface area contributed by atoms with Gasteiger partial charge in [0.15, 0.2) is 17.7 Å². The molecule has 1 aliphatic rings. The minimum absolute atomic E-state index is 0.0200. The lowest BCUT2D eigenvalue weighted by Gasteiger charge is -2.26. The zero-order valence-electron chi connectivity index (χ0n) is 19.9. The molecular formula is C23H21ClF4N8O3. The Balaban J connectivity index is 1.46. The SMILES string of the molecule is N=C(c1ccc(Cl)cc1)N(C[C@H](O)C(F)(F)F)C(=O)NCc1ncn(-c2ncccc2NC(=O)[C@@H]2C[C@@H]2F)n1. The number of rotatable bonds is 8. The van der Waals surface area contributed by atoms with Crippen molar-refractivity contribution in [2.45, 2.75) is 31.4 Å². The Morgan fingerprint density at radius 2 is 1.92 bits per heavy atom. The van der Waals surface area contributed by atoms with Gasteiger partial charge < -0.3 is 15.7 Å². The number of nitrogens with one attached hydrogen (secondary N) is 3. The van der Waals surface area contributed by atoms with Crippen LogP contribution in [0.5, 0.6) is 0 Å². The Bertz CT molecular complexity index is 1370. The topological polar surface area (TPSA) is 149 Å².